The van der Waals surface area contributed by atoms with Gasteiger partial charge in [0.25, 0.3) is 0 Å². The summed E-state index contributed by atoms with van der Waals surface area (Å²) in [6.45, 7) is 7.95. The van der Waals surface area contributed by atoms with Crippen molar-refractivity contribution >= 4 is 21.8 Å². The van der Waals surface area contributed by atoms with Crippen LogP contribution in [0.25, 0.3) is 0 Å². The molecule has 3 N–H and O–H groups in total. The molecule has 1 saturated heterocycles. The van der Waals surface area contributed by atoms with E-state index in [1.807, 2.05) is 0 Å². The molecule has 9 heteroatoms. The van der Waals surface area contributed by atoms with E-state index in [1.165, 1.54) is 24.7 Å². The number of rotatable bonds is 7. The van der Waals surface area contributed by atoms with Crippen LogP contribution in [0.2, 0.25) is 0 Å². The first kappa shape index (κ1) is 25.8. The van der Waals surface area contributed by atoms with E-state index >= 15 is 0 Å². The molecule has 0 radical (unpaired) electrons. The highest BCUT2D eigenvalue weighted by atomic mass is 79.9. The lowest BCUT2D eigenvalue weighted by Crippen LogP contribution is -2.62. The summed E-state index contributed by atoms with van der Waals surface area (Å²) >= 11 is 3.38. The second-order valence-electron chi connectivity index (χ2n) is 10.8. The van der Waals surface area contributed by atoms with Gasteiger partial charge in [-0.15, -0.1) is 0 Å². The Labute approximate surface area is 209 Å². The van der Waals surface area contributed by atoms with Crippen LogP contribution in [-0.4, -0.2) is 59.2 Å². The van der Waals surface area contributed by atoms with Crippen molar-refractivity contribution in [1.82, 2.24) is 10.4 Å². The molecule has 1 aromatic carbocycles. The smallest absolute Gasteiger partial charge is 0.240 e. The van der Waals surface area contributed by atoms with Crippen molar-refractivity contribution in [3.05, 3.63) is 28.0 Å². The predicted molar refractivity (Wildman–Crippen MR) is 128 cm³/mol. The summed E-state index contributed by atoms with van der Waals surface area (Å²) in [6.07, 6.45) is 0.418. The molecule has 1 amide bonds. The van der Waals surface area contributed by atoms with Crippen molar-refractivity contribution in [2.45, 2.75) is 71.4 Å². The maximum Gasteiger partial charge on any atom is 0.240 e. The summed E-state index contributed by atoms with van der Waals surface area (Å²) in [7, 11) is 1.45. The molecule has 0 aromatic heterocycles. The number of nitrogens with one attached hydrogen (secondary N) is 1. The van der Waals surface area contributed by atoms with Crippen LogP contribution >= 0.6 is 15.9 Å². The Hall–Kier alpha value is -1.26. The predicted octanol–water partition coefficient (Wildman–Crippen LogP) is 3.26. The van der Waals surface area contributed by atoms with E-state index in [-0.39, 0.29) is 30.7 Å². The van der Waals surface area contributed by atoms with E-state index in [2.05, 4.69) is 42.0 Å². The molecule has 3 aliphatic carbocycles. The van der Waals surface area contributed by atoms with Gasteiger partial charge in [-0.1, -0.05) is 20.8 Å². The summed E-state index contributed by atoms with van der Waals surface area (Å²) in [5.41, 5.74) is 0.522. The topological polar surface area (TPSA) is 91.3 Å². The number of methoxy groups -OCH3 is 1. The summed E-state index contributed by atoms with van der Waals surface area (Å²) in [5.74, 6) is 0.348. The zero-order valence-corrected chi connectivity index (χ0v) is 22.0. The highest BCUT2D eigenvalue weighted by molar-refractivity contribution is 9.10. The van der Waals surface area contributed by atoms with Crippen molar-refractivity contribution in [2.75, 3.05) is 13.7 Å². The second kappa shape index (κ2) is 9.65. The summed E-state index contributed by atoms with van der Waals surface area (Å²) in [4.78, 5) is 19.6. The monoisotopic (exact) mass is 542 g/mol. The number of halogens is 2. The van der Waals surface area contributed by atoms with E-state index < -0.39 is 30.0 Å². The molecule has 1 aromatic rings. The van der Waals surface area contributed by atoms with Crippen LogP contribution in [0.5, 0.6) is 5.75 Å². The average molecular weight is 543 g/mol. The number of aliphatic hydroxyl groups excluding tert-OH is 2. The van der Waals surface area contributed by atoms with Gasteiger partial charge in [-0.3, -0.25) is 9.63 Å². The first-order valence-corrected chi connectivity index (χ1v) is 12.8. The lowest BCUT2D eigenvalue weighted by molar-refractivity contribution is -0.183. The molecular formula is C25H36BrFN2O5. The zero-order chi connectivity index (χ0) is 24.9. The Balaban J connectivity index is 1.60. The highest BCUT2D eigenvalue weighted by Crippen LogP contribution is 2.61. The Bertz CT molecular complexity index is 929. The van der Waals surface area contributed by atoms with Crippen molar-refractivity contribution in [3.63, 3.8) is 0 Å². The van der Waals surface area contributed by atoms with Crippen LogP contribution in [0.1, 0.15) is 46.1 Å². The molecule has 7 nitrogen and oxygen atoms in total. The fraction of sp³-hybridized carbons (Fsp3) is 0.720. The molecule has 190 valence electrons. The van der Waals surface area contributed by atoms with Crippen molar-refractivity contribution in [3.8, 4) is 5.75 Å². The van der Waals surface area contributed by atoms with Gasteiger partial charge in [0.2, 0.25) is 5.91 Å². The van der Waals surface area contributed by atoms with Gasteiger partial charge in [-0.05, 0) is 71.0 Å². The van der Waals surface area contributed by atoms with E-state index in [9.17, 15) is 19.4 Å². The van der Waals surface area contributed by atoms with Crippen molar-refractivity contribution < 1.29 is 29.0 Å². The molecule has 8 atom stereocenters. The Kier molecular flexibility index (Phi) is 7.33. The number of hydrogen-bond donors (Lipinski definition) is 3. The van der Waals surface area contributed by atoms with Crippen LogP contribution < -0.4 is 10.1 Å². The van der Waals surface area contributed by atoms with Gasteiger partial charge >= 0.3 is 0 Å². The first-order chi connectivity index (χ1) is 16.0. The van der Waals surface area contributed by atoms with E-state index in [0.717, 1.165) is 6.42 Å². The molecule has 5 rings (SSSR count). The maximum atomic E-state index is 14.8. The van der Waals surface area contributed by atoms with Crippen LogP contribution in [-0.2, 0) is 16.2 Å². The zero-order valence-electron chi connectivity index (χ0n) is 20.4. The lowest BCUT2D eigenvalue weighted by Gasteiger charge is -2.62. The largest absolute Gasteiger partial charge is 0.495 e. The number of hydroxylamine groups is 2. The fourth-order valence-corrected chi connectivity index (χ4v) is 7.12. The van der Waals surface area contributed by atoms with Crippen LogP contribution in [0.15, 0.2) is 16.6 Å². The van der Waals surface area contributed by atoms with Gasteiger partial charge in [0.05, 0.1) is 30.8 Å². The maximum absolute atomic E-state index is 14.8. The SMILES string of the molecule is COc1c(Br)ccc(F)c1CN1O[C@@H](CO)[C@@H]([C@H](C)O)[C@H]1C(=O)N[C@H]1C[C@H]2C[C@@H]([C@@H]1C)C2(C)C. The molecule has 4 aliphatic rings. The first-order valence-electron chi connectivity index (χ1n) is 12.0. The number of ether oxygens (including phenoxy) is 1. The van der Waals surface area contributed by atoms with Crippen molar-refractivity contribution in [1.29, 1.82) is 0 Å². The summed E-state index contributed by atoms with van der Waals surface area (Å²) in [5, 5.41) is 25.1. The van der Waals surface area contributed by atoms with Crippen molar-refractivity contribution in [2.24, 2.45) is 29.1 Å². The second-order valence-corrected chi connectivity index (χ2v) is 11.6. The van der Waals surface area contributed by atoms with Gasteiger partial charge in [-0.2, -0.15) is 5.06 Å². The van der Waals surface area contributed by atoms with E-state index in [4.69, 9.17) is 9.57 Å². The molecule has 0 spiro atoms. The molecule has 0 unspecified atom stereocenters. The Morgan fingerprint density at radius 2 is 2.12 bits per heavy atom. The van der Waals surface area contributed by atoms with Crippen LogP contribution in [0.4, 0.5) is 4.39 Å². The molecule has 4 fully saturated rings. The van der Waals surface area contributed by atoms with Crippen LogP contribution in [0.3, 0.4) is 0 Å². The number of amides is 1. The van der Waals surface area contributed by atoms with Gasteiger partial charge in [0, 0.05) is 17.5 Å². The minimum absolute atomic E-state index is 0.0334. The van der Waals surface area contributed by atoms with Gasteiger partial charge in [-0.25, -0.2) is 4.39 Å². The van der Waals surface area contributed by atoms with Crippen LogP contribution in [0, 0.1) is 34.9 Å². The average Bonchev–Trinajstić information content (AvgIpc) is 3.16. The summed E-state index contributed by atoms with van der Waals surface area (Å²) < 4.78 is 20.8. The standard InChI is InChI=1S/C25H36BrFN2O5/c1-12-16-8-14(25(16,3)4)9-19(12)28-24(32)22-21(13(2)31)20(11-30)34-29(22)10-15-18(27)7-6-17(26)23(15)33-5/h6-7,12-14,16,19-22,30-31H,8-11H2,1-5H3,(H,28,32)/t12-,13-,14+,16-,19-,20-,21+,22-/m0/s1. The molecule has 2 bridgehead atoms. The Morgan fingerprint density at radius 3 is 2.68 bits per heavy atom. The quantitative estimate of drug-likeness (QED) is 0.489. The van der Waals surface area contributed by atoms with E-state index in [0.29, 0.717) is 33.4 Å². The molecule has 1 heterocycles. The number of benzene rings is 1. The number of nitrogens with zero attached hydrogens (tertiary/aromatic N) is 1. The number of fused-ring (bicyclic) bond motifs is 2. The third-order valence-electron chi connectivity index (χ3n) is 8.74. The minimum Gasteiger partial charge on any atom is -0.495 e. The van der Waals surface area contributed by atoms with E-state index in [1.54, 1.807) is 13.0 Å². The fourth-order valence-electron chi connectivity index (χ4n) is 6.58. The number of carbonyl (C=O) groups is 1. The molecular weight excluding hydrogens is 507 g/mol. The third-order valence-corrected chi connectivity index (χ3v) is 9.36. The van der Waals surface area contributed by atoms with Gasteiger partial charge in [0.1, 0.15) is 23.7 Å². The number of aliphatic hydroxyl groups is 2. The molecule has 34 heavy (non-hydrogen) atoms. The molecule has 3 saturated carbocycles. The number of hydrogen-bond acceptors (Lipinski definition) is 6. The number of carbonyl (C=O) groups excluding carboxylic acids is 1. The normalized spacial score (nSPS) is 35.5. The van der Waals surface area contributed by atoms with Gasteiger partial charge in [0.15, 0.2) is 0 Å². The lowest BCUT2D eigenvalue weighted by atomic mass is 9.45. The Morgan fingerprint density at radius 1 is 1.41 bits per heavy atom. The molecule has 1 aliphatic heterocycles. The van der Waals surface area contributed by atoms with Gasteiger partial charge < -0.3 is 20.3 Å². The highest BCUT2D eigenvalue weighted by Gasteiger charge is 2.57. The minimum atomic E-state index is -0.914. The summed E-state index contributed by atoms with van der Waals surface area (Å²) in [6, 6.07) is 2.02. The third kappa shape index (κ3) is 4.28.